The molecule has 4 heteroatoms. The fourth-order valence-electron chi connectivity index (χ4n) is 2.86. The second-order valence-corrected chi connectivity index (χ2v) is 4.95. The van der Waals surface area contributed by atoms with Crippen molar-refractivity contribution in [2.75, 3.05) is 26.7 Å². The van der Waals surface area contributed by atoms with Crippen molar-refractivity contribution in [3.8, 4) is 0 Å². The molecule has 20 heavy (non-hydrogen) atoms. The van der Waals surface area contributed by atoms with Crippen molar-refractivity contribution < 1.29 is 9.53 Å². The molecule has 1 N–H and O–H groups in total. The van der Waals surface area contributed by atoms with E-state index in [9.17, 15) is 4.79 Å². The summed E-state index contributed by atoms with van der Waals surface area (Å²) >= 11 is 0. The minimum atomic E-state index is -0.260. The van der Waals surface area contributed by atoms with Crippen molar-refractivity contribution >= 4 is 16.9 Å². The number of methoxy groups -OCH3 is 1. The third-order valence-electron chi connectivity index (χ3n) is 3.83. The quantitative estimate of drug-likeness (QED) is 0.866. The molecular formula is C16H18N2O2. The van der Waals surface area contributed by atoms with E-state index < -0.39 is 0 Å². The molecule has 0 aliphatic carbocycles. The van der Waals surface area contributed by atoms with E-state index in [1.165, 1.54) is 23.4 Å². The molecular weight excluding hydrogens is 252 g/mol. The molecule has 1 saturated heterocycles. The molecule has 1 fully saturated rings. The molecule has 0 radical (unpaired) electrons. The van der Waals surface area contributed by atoms with E-state index in [0.717, 1.165) is 13.1 Å². The lowest BCUT2D eigenvalue weighted by molar-refractivity contribution is 0.0948. The van der Waals surface area contributed by atoms with Gasteiger partial charge < -0.3 is 10.1 Å². The number of nitrogens with one attached hydrogen (secondary N) is 1. The topological polar surface area (TPSA) is 41.6 Å². The van der Waals surface area contributed by atoms with Gasteiger partial charge in [-0.3, -0.25) is 4.90 Å². The highest BCUT2D eigenvalue weighted by Gasteiger charge is 2.29. The van der Waals surface area contributed by atoms with Gasteiger partial charge in [0.25, 0.3) is 0 Å². The zero-order valence-electron chi connectivity index (χ0n) is 11.5. The van der Waals surface area contributed by atoms with E-state index in [-0.39, 0.29) is 12.1 Å². The van der Waals surface area contributed by atoms with Gasteiger partial charge in [-0.05, 0) is 16.3 Å². The number of hydrogen-bond donors (Lipinski definition) is 1. The van der Waals surface area contributed by atoms with Crippen LogP contribution in [-0.4, -0.2) is 37.7 Å². The number of hydrogen-bond acceptors (Lipinski definition) is 3. The van der Waals surface area contributed by atoms with Gasteiger partial charge in [0.15, 0.2) is 0 Å². The molecule has 1 aliphatic heterocycles. The molecule has 104 valence electrons. The highest BCUT2D eigenvalue weighted by molar-refractivity contribution is 5.86. The second kappa shape index (κ2) is 5.51. The zero-order chi connectivity index (χ0) is 13.9. The Labute approximate surface area is 118 Å². The van der Waals surface area contributed by atoms with Crippen molar-refractivity contribution in [2.24, 2.45) is 0 Å². The lowest BCUT2D eigenvalue weighted by atomic mass is 9.97. The summed E-state index contributed by atoms with van der Waals surface area (Å²) in [6.45, 7) is 2.22. The number of carbonyl (C=O) groups is 1. The van der Waals surface area contributed by atoms with Crippen LogP contribution in [0.4, 0.5) is 4.79 Å². The highest BCUT2D eigenvalue weighted by atomic mass is 16.5. The minimum absolute atomic E-state index is 0.0160. The average molecular weight is 270 g/mol. The molecule has 1 heterocycles. The Morgan fingerprint density at radius 1 is 1.25 bits per heavy atom. The van der Waals surface area contributed by atoms with Crippen LogP contribution in [0.1, 0.15) is 11.6 Å². The highest BCUT2D eigenvalue weighted by Crippen LogP contribution is 2.29. The maximum Gasteiger partial charge on any atom is 0.410 e. The van der Waals surface area contributed by atoms with Crippen molar-refractivity contribution in [3.63, 3.8) is 0 Å². The molecule has 0 saturated carbocycles. The third kappa shape index (κ3) is 2.23. The van der Waals surface area contributed by atoms with E-state index >= 15 is 0 Å². The fraction of sp³-hybridized carbons (Fsp3) is 0.312. The minimum Gasteiger partial charge on any atom is -0.453 e. The third-order valence-corrected chi connectivity index (χ3v) is 3.83. The molecule has 0 aromatic heterocycles. The molecule has 2 aromatic rings. The monoisotopic (exact) mass is 270 g/mol. The van der Waals surface area contributed by atoms with Gasteiger partial charge in [0, 0.05) is 19.6 Å². The number of fused-ring (bicyclic) bond motifs is 1. The zero-order valence-corrected chi connectivity index (χ0v) is 11.5. The number of piperazine rings is 1. The maximum atomic E-state index is 12.0. The lowest BCUT2D eigenvalue weighted by Gasteiger charge is -2.35. The number of nitrogens with zero attached hydrogens (tertiary/aromatic N) is 1. The summed E-state index contributed by atoms with van der Waals surface area (Å²) < 4.78 is 4.91. The van der Waals surface area contributed by atoms with Crippen LogP contribution >= 0.6 is 0 Å². The van der Waals surface area contributed by atoms with E-state index in [1.807, 2.05) is 18.2 Å². The van der Waals surface area contributed by atoms with E-state index in [1.54, 1.807) is 4.90 Å². The van der Waals surface area contributed by atoms with Crippen LogP contribution < -0.4 is 5.32 Å². The van der Waals surface area contributed by atoms with Crippen molar-refractivity contribution in [1.29, 1.82) is 0 Å². The van der Waals surface area contributed by atoms with Gasteiger partial charge in [-0.15, -0.1) is 0 Å². The summed E-state index contributed by atoms with van der Waals surface area (Å²) in [4.78, 5) is 13.8. The van der Waals surface area contributed by atoms with Crippen LogP contribution in [0.5, 0.6) is 0 Å². The SMILES string of the molecule is COC(=O)N1CCNCC1c1cccc2ccccc12. The number of benzene rings is 2. The first kappa shape index (κ1) is 12.9. The Morgan fingerprint density at radius 2 is 2.05 bits per heavy atom. The molecule has 1 atom stereocenters. The summed E-state index contributed by atoms with van der Waals surface area (Å²) in [5.74, 6) is 0. The van der Waals surface area contributed by atoms with Crippen LogP contribution in [0.25, 0.3) is 10.8 Å². The standard InChI is InChI=1S/C16H18N2O2/c1-20-16(19)18-10-9-17-11-15(18)14-8-4-6-12-5-2-3-7-13(12)14/h2-8,15,17H,9-11H2,1H3. The smallest absolute Gasteiger partial charge is 0.410 e. The summed E-state index contributed by atoms with van der Waals surface area (Å²) in [6, 6.07) is 14.5. The van der Waals surface area contributed by atoms with Gasteiger partial charge in [-0.25, -0.2) is 4.79 Å². The molecule has 2 aromatic carbocycles. The Morgan fingerprint density at radius 3 is 2.90 bits per heavy atom. The second-order valence-electron chi connectivity index (χ2n) is 4.95. The molecule has 0 spiro atoms. The lowest BCUT2D eigenvalue weighted by Crippen LogP contribution is -2.48. The number of amides is 1. The summed E-state index contributed by atoms with van der Waals surface area (Å²) in [7, 11) is 1.44. The Kier molecular flexibility index (Phi) is 3.56. The van der Waals surface area contributed by atoms with Crippen LogP contribution in [0.3, 0.4) is 0 Å². The van der Waals surface area contributed by atoms with Crippen LogP contribution in [-0.2, 0) is 4.74 Å². The predicted octanol–water partition coefficient (Wildman–Crippen LogP) is 2.55. The van der Waals surface area contributed by atoms with Crippen molar-refractivity contribution in [2.45, 2.75) is 6.04 Å². The van der Waals surface area contributed by atoms with Crippen LogP contribution in [0, 0.1) is 0 Å². The normalized spacial score (nSPS) is 19.1. The molecule has 1 aliphatic rings. The van der Waals surface area contributed by atoms with Gasteiger partial charge in [0.2, 0.25) is 0 Å². The van der Waals surface area contributed by atoms with Crippen molar-refractivity contribution in [3.05, 3.63) is 48.0 Å². The summed E-state index contributed by atoms with van der Waals surface area (Å²) in [6.07, 6.45) is -0.260. The van der Waals surface area contributed by atoms with Gasteiger partial charge in [0.05, 0.1) is 13.2 Å². The van der Waals surface area contributed by atoms with Crippen LogP contribution in [0.15, 0.2) is 42.5 Å². The van der Waals surface area contributed by atoms with Gasteiger partial charge in [-0.2, -0.15) is 0 Å². The average Bonchev–Trinajstić information content (AvgIpc) is 2.53. The largest absolute Gasteiger partial charge is 0.453 e. The molecule has 0 bridgehead atoms. The Hall–Kier alpha value is -2.07. The number of rotatable bonds is 1. The Balaban J connectivity index is 2.06. The predicted molar refractivity (Wildman–Crippen MR) is 78.7 cm³/mol. The molecule has 1 amide bonds. The van der Waals surface area contributed by atoms with Gasteiger partial charge in [0.1, 0.15) is 0 Å². The molecule has 4 nitrogen and oxygen atoms in total. The molecule has 1 unspecified atom stereocenters. The Bertz CT molecular complexity index is 621. The van der Waals surface area contributed by atoms with Crippen LogP contribution in [0.2, 0.25) is 0 Å². The summed E-state index contributed by atoms with van der Waals surface area (Å²) in [5, 5.41) is 5.74. The van der Waals surface area contributed by atoms with E-state index in [2.05, 4.69) is 29.6 Å². The van der Waals surface area contributed by atoms with E-state index in [0.29, 0.717) is 6.54 Å². The van der Waals surface area contributed by atoms with E-state index in [4.69, 9.17) is 4.74 Å². The summed E-state index contributed by atoms with van der Waals surface area (Å²) in [5.41, 5.74) is 1.17. The van der Waals surface area contributed by atoms with Gasteiger partial charge >= 0.3 is 6.09 Å². The first-order valence-electron chi connectivity index (χ1n) is 6.84. The molecule has 3 rings (SSSR count). The number of ether oxygens (including phenoxy) is 1. The maximum absolute atomic E-state index is 12.0. The van der Waals surface area contributed by atoms with Crippen molar-refractivity contribution in [1.82, 2.24) is 10.2 Å². The van der Waals surface area contributed by atoms with Gasteiger partial charge in [-0.1, -0.05) is 42.5 Å². The first-order valence-corrected chi connectivity index (χ1v) is 6.84. The number of carbonyl (C=O) groups excluding carboxylic acids is 1. The fourth-order valence-corrected chi connectivity index (χ4v) is 2.86. The first-order chi connectivity index (χ1) is 9.81.